The molecule has 0 bridgehead atoms. The summed E-state index contributed by atoms with van der Waals surface area (Å²) < 4.78 is 13.4. The molecule has 0 aromatic heterocycles. The number of para-hydroxylation sites is 1. The topological polar surface area (TPSA) is 70.6 Å². The van der Waals surface area contributed by atoms with Crippen molar-refractivity contribution in [3.8, 4) is 0 Å². The molecule has 6 heteroatoms. The third-order valence-corrected chi connectivity index (χ3v) is 3.13. The minimum Gasteiger partial charge on any atom is -0.317 e. The van der Waals surface area contributed by atoms with Crippen LogP contribution in [-0.4, -0.2) is 18.0 Å². The second-order valence-electron chi connectivity index (χ2n) is 4.69. The Morgan fingerprint density at radius 2 is 1.78 bits per heavy atom. The average Bonchev–Trinajstić information content (AvgIpc) is 2.57. The number of nitrogens with zero attached hydrogens (tertiary/aromatic N) is 1. The maximum absolute atomic E-state index is 13.4. The second-order valence-corrected chi connectivity index (χ2v) is 4.69. The highest BCUT2D eigenvalue weighted by atomic mass is 19.1. The van der Waals surface area contributed by atoms with Crippen LogP contribution in [-0.2, 0) is 16.0 Å². The molecular weight excluding hydrogens is 297 g/mol. The zero-order valence-electron chi connectivity index (χ0n) is 12.5. The number of halogens is 1. The van der Waals surface area contributed by atoms with Crippen molar-refractivity contribution in [3.05, 3.63) is 65.5 Å². The Morgan fingerprint density at radius 1 is 1.09 bits per heavy atom. The maximum Gasteiger partial charge on any atom is 0.329 e. The van der Waals surface area contributed by atoms with Crippen molar-refractivity contribution in [2.24, 2.45) is 5.10 Å². The predicted octanol–water partition coefficient (Wildman–Crippen LogP) is 2.48. The van der Waals surface area contributed by atoms with Gasteiger partial charge in [0.05, 0.1) is 6.21 Å². The Morgan fingerprint density at radius 3 is 2.52 bits per heavy atom. The Hall–Kier alpha value is -3.02. The van der Waals surface area contributed by atoms with Gasteiger partial charge in [-0.2, -0.15) is 5.10 Å². The highest BCUT2D eigenvalue weighted by Gasteiger charge is 2.14. The summed E-state index contributed by atoms with van der Waals surface area (Å²) in [5.41, 5.74) is 3.78. The van der Waals surface area contributed by atoms with Crippen LogP contribution in [0.15, 0.2) is 53.6 Å². The quantitative estimate of drug-likeness (QED) is 0.517. The maximum atomic E-state index is 13.4. The lowest BCUT2D eigenvalue weighted by molar-refractivity contribution is -0.136. The molecular formula is C17H16FN3O2. The molecule has 0 radical (unpaired) electrons. The van der Waals surface area contributed by atoms with E-state index in [0.29, 0.717) is 5.69 Å². The molecule has 2 N–H and O–H groups in total. The molecule has 23 heavy (non-hydrogen) atoms. The van der Waals surface area contributed by atoms with Crippen LogP contribution in [0, 0.1) is 5.82 Å². The summed E-state index contributed by atoms with van der Waals surface area (Å²) in [7, 11) is 0. The normalized spacial score (nSPS) is 10.5. The molecule has 0 spiro atoms. The number of carbonyl (C=O) groups excluding carboxylic acids is 2. The van der Waals surface area contributed by atoms with Gasteiger partial charge in [-0.3, -0.25) is 9.59 Å². The Balaban J connectivity index is 1.95. The summed E-state index contributed by atoms with van der Waals surface area (Å²) in [4.78, 5) is 23.5. The molecule has 0 aliphatic carbocycles. The largest absolute Gasteiger partial charge is 0.329 e. The van der Waals surface area contributed by atoms with Crippen LogP contribution in [0.3, 0.4) is 0 Å². The lowest BCUT2D eigenvalue weighted by Crippen LogP contribution is -2.32. The molecule has 2 amide bonds. The van der Waals surface area contributed by atoms with Crippen LogP contribution in [0.5, 0.6) is 0 Å². The third kappa shape index (κ3) is 4.47. The molecule has 0 aliphatic rings. The van der Waals surface area contributed by atoms with Crippen LogP contribution < -0.4 is 10.7 Å². The van der Waals surface area contributed by atoms with E-state index in [1.54, 1.807) is 24.3 Å². The van der Waals surface area contributed by atoms with Gasteiger partial charge in [-0.05, 0) is 24.1 Å². The fraction of sp³-hybridized carbons (Fsp3) is 0.118. The van der Waals surface area contributed by atoms with E-state index < -0.39 is 17.6 Å². The number of hydrogen-bond acceptors (Lipinski definition) is 3. The van der Waals surface area contributed by atoms with Crippen LogP contribution in [0.1, 0.15) is 18.1 Å². The van der Waals surface area contributed by atoms with Gasteiger partial charge in [-0.1, -0.05) is 43.3 Å². The highest BCUT2D eigenvalue weighted by molar-refractivity contribution is 6.39. The number of hydrogen-bond donors (Lipinski definition) is 2. The van der Waals surface area contributed by atoms with Gasteiger partial charge in [0.2, 0.25) is 0 Å². The fourth-order valence-electron chi connectivity index (χ4n) is 1.92. The van der Waals surface area contributed by atoms with E-state index in [4.69, 9.17) is 0 Å². The molecule has 2 aromatic rings. The zero-order valence-corrected chi connectivity index (χ0v) is 12.5. The van der Waals surface area contributed by atoms with Gasteiger partial charge in [0.25, 0.3) is 0 Å². The Bertz CT molecular complexity index is 744. The minimum atomic E-state index is -0.927. The van der Waals surface area contributed by atoms with Crippen LogP contribution in [0.2, 0.25) is 0 Å². The van der Waals surface area contributed by atoms with Gasteiger partial charge in [-0.25, -0.2) is 9.82 Å². The smallest absolute Gasteiger partial charge is 0.317 e. The molecule has 2 aromatic carbocycles. The lowest BCUT2D eigenvalue weighted by Gasteiger charge is -2.08. The summed E-state index contributed by atoms with van der Waals surface area (Å²) in [6.07, 6.45) is 1.87. The number of benzene rings is 2. The Labute approximate surface area is 133 Å². The van der Waals surface area contributed by atoms with Crippen molar-refractivity contribution < 1.29 is 14.0 Å². The van der Waals surface area contributed by atoms with Crippen molar-refractivity contribution in [1.29, 1.82) is 0 Å². The summed E-state index contributed by atoms with van der Waals surface area (Å²) >= 11 is 0. The first-order valence-corrected chi connectivity index (χ1v) is 7.08. The number of nitrogens with one attached hydrogen (secondary N) is 2. The van der Waals surface area contributed by atoms with Crippen molar-refractivity contribution >= 4 is 23.7 Å². The van der Waals surface area contributed by atoms with Gasteiger partial charge in [0.15, 0.2) is 0 Å². The molecule has 0 saturated carbocycles. The number of carbonyl (C=O) groups is 2. The van der Waals surface area contributed by atoms with Gasteiger partial charge in [0, 0.05) is 11.3 Å². The first-order chi connectivity index (χ1) is 11.1. The molecule has 0 atom stereocenters. The van der Waals surface area contributed by atoms with Gasteiger partial charge in [-0.15, -0.1) is 0 Å². The molecule has 0 unspecified atom stereocenters. The van der Waals surface area contributed by atoms with Crippen molar-refractivity contribution in [2.75, 3.05) is 5.32 Å². The van der Waals surface area contributed by atoms with Crippen molar-refractivity contribution in [1.82, 2.24) is 5.43 Å². The van der Waals surface area contributed by atoms with Gasteiger partial charge >= 0.3 is 11.8 Å². The molecule has 0 heterocycles. The number of rotatable bonds is 4. The van der Waals surface area contributed by atoms with Gasteiger partial charge in [0.1, 0.15) is 5.82 Å². The number of hydrazone groups is 1. The number of amides is 2. The second kappa shape index (κ2) is 7.84. The van der Waals surface area contributed by atoms with E-state index in [0.717, 1.165) is 18.2 Å². The minimum absolute atomic E-state index is 0.213. The van der Waals surface area contributed by atoms with E-state index in [9.17, 15) is 14.0 Å². The van der Waals surface area contributed by atoms with Crippen LogP contribution in [0.25, 0.3) is 0 Å². The van der Waals surface area contributed by atoms with Crippen molar-refractivity contribution in [2.45, 2.75) is 13.3 Å². The first kappa shape index (κ1) is 16.4. The monoisotopic (exact) mass is 313 g/mol. The summed E-state index contributed by atoms with van der Waals surface area (Å²) in [5.74, 6) is -2.23. The lowest BCUT2D eigenvalue weighted by atomic mass is 10.1. The van der Waals surface area contributed by atoms with E-state index >= 15 is 0 Å². The van der Waals surface area contributed by atoms with E-state index in [1.165, 1.54) is 12.1 Å². The van der Waals surface area contributed by atoms with Crippen molar-refractivity contribution in [3.63, 3.8) is 0 Å². The first-order valence-electron chi connectivity index (χ1n) is 7.08. The summed E-state index contributed by atoms with van der Waals surface area (Å²) in [6.45, 7) is 1.95. The Kier molecular flexibility index (Phi) is 5.57. The average molecular weight is 313 g/mol. The van der Waals surface area contributed by atoms with E-state index in [-0.39, 0.29) is 5.56 Å². The van der Waals surface area contributed by atoms with Gasteiger partial charge < -0.3 is 5.32 Å². The van der Waals surface area contributed by atoms with Crippen LogP contribution >= 0.6 is 0 Å². The molecule has 0 saturated heterocycles. The van der Waals surface area contributed by atoms with Crippen LogP contribution in [0.4, 0.5) is 10.1 Å². The molecule has 0 fully saturated rings. The van der Waals surface area contributed by atoms with E-state index in [2.05, 4.69) is 15.8 Å². The molecule has 5 nitrogen and oxygen atoms in total. The van der Waals surface area contributed by atoms with E-state index in [1.807, 2.05) is 19.1 Å². The highest BCUT2D eigenvalue weighted by Crippen LogP contribution is 2.15. The molecule has 2 rings (SSSR count). The zero-order chi connectivity index (χ0) is 16.7. The summed E-state index contributed by atoms with van der Waals surface area (Å²) in [5, 5.41) is 6.10. The predicted molar refractivity (Wildman–Crippen MR) is 86.6 cm³/mol. The molecule has 118 valence electrons. The third-order valence-electron chi connectivity index (χ3n) is 3.13. The summed E-state index contributed by atoms with van der Waals surface area (Å²) in [6, 6.07) is 13.2. The number of aryl methyl sites for hydroxylation is 1. The molecule has 0 aliphatic heterocycles. The SMILES string of the molecule is CCc1ccccc1NC(=O)C(=O)NN=Cc1ccccc1F. The number of anilines is 1. The standard InChI is InChI=1S/C17H16FN3O2/c1-2-12-7-4-6-10-15(12)20-16(22)17(23)21-19-11-13-8-3-5-9-14(13)18/h3-11H,2H2,1H3,(H,20,22)(H,21,23). The fourth-order valence-corrected chi connectivity index (χ4v) is 1.92.